The van der Waals surface area contributed by atoms with Crippen molar-refractivity contribution in [2.75, 3.05) is 82.6 Å². The molecular weight excluding hydrogens is 642 g/mol. The normalized spacial score (nSPS) is 14.8. The van der Waals surface area contributed by atoms with E-state index in [1.54, 1.807) is 12.3 Å². The molecule has 0 amide bonds. The van der Waals surface area contributed by atoms with E-state index < -0.39 is 5.97 Å². The Bertz CT molecular complexity index is 1440. The molecule has 4 rings (SSSR count). The summed E-state index contributed by atoms with van der Waals surface area (Å²) < 4.78 is 24.8. The molecule has 0 bridgehead atoms. The molecule has 276 valence electrons. The van der Waals surface area contributed by atoms with Crippen molar-refractivity contribution in [3.63, 3.8) is 0 Å². The Hall–Kier alpha value is -3.82. The van der Waals surface area contributed by atoms with E-state index in [4.69, 9.17) is 29.0 Å². The fraction of sp³-hybridized carbons (Fsp3) is 0.611. The van der Waals surface area contributed by atoms with E-state index in [1.807, 2.05) is 28.9 Å². The van der Waals surface area contributed by atoms with Crippen molar-refractivity contribution in [3.8, 4) is 5.88 Å². The second-order valence-corrected chi connectivity index (χ2v) is 12.2. The Kier molecular flexibility index (Phi) is 16.7. The quantitative estimate of drug-likeness (QED) is 0.0918. The number of hydrogen-bond donors (Lipinski definition) is 3. The van der Waals surface area contributed by atoms with Crippen LogP contribution >= 0.6 is 0 Å². The number of carbonyl (C=O) groups is 1. The average molecular weight is 698 g/mol. The molecule has 14 heteroatoms. The zero-order valence-electron chi connectivity index (χ0n) is 29.8. The number of nitrogens with zero attached hydrogens (tertiary/aromatic N) is 6. The first kappa shape index (κ1) is 39.0. The Morgan fingerprint density at radius 1 is 1.08 bits per heavy atom. The molecule has 0 aromatic carbocycles. The lowest BCUT2D eigenvalue weighted by Crippen LogP contribution is -2.37. The van der Waals surface area contributed by atoms with Crippen LogP contribution in [0.3, 0.4) is 0 Å². The van der Waals surface area contributed by atoms with Gasteiger partial charge in [-0.1, -0.05) is 26.0 Å². The third kappa shape index (κ3) is 12.2. The number of aliphatic hydroxyl groups is 1. The zero-order chi connectivity index (χ0) is 35.6. The van der Waals surface area contributed by atoms with Crippen molar-refractivity contribution in [1.82, 2.24) is 24.5 Å². The molecule has 50 heavy (non-hydrogen) atoms. The highest BCUT2D eigenvalue weighted by molar-refractivity contribution is 5.79. The van der Waals surface area contributed by atoms with Gasteiger partial charge >= 0.3 is 5.97 Å². The number of aliphatic carboxylic acids is 1. The van der Waals surface area contributed by atoms with Crippen LogP contribution in [0.2, 0.25) is 0 Å². The predicted molar refractivity (Wildman–Crippen MR) is 192 cm³/mol. The summed E-state index contributed by atoms with van der Waals surface area (Å²) in [6, 6.07) is 6.08. The first-order chi connectivity index (χ1) is 24.4. The Balaban J connectivity index is 1.11. The van der Waals surface area contributed by atoms with Gasteiger partial charge in [0.05, 0.1) is 45.3 Å². The molecule has 3 aromatic rings. The SMILES string of the molecule is CCc1cnn2c(NCc3ccc(OCCOCCOCCOC4CCN(C/C=C/C(=O)O)CC4)nc3)cc(N(CC)C(CC)CCO)nc12. The van der Waals surface area contributed by atoms with Gasteiger partial charge in [0.15, 0.2) is 5.65 Å². The van der Waals surface area contributed by atoms with Crippen LogP contribution in [0.5, 0.6) is 5.88 Å². The number of likely N-dealkylation sites (tertiary alicyclic amines) is 1. The van der Waals surface area contributed by atoms with Crippen LogP contribution in [0.15, 0.2) is 42.7 Å². The molecule has 0 saturated carbocycles. The van der Waals surface area contributed by atoms with Gasteiger partial charge in [-0.15, -0.1) is 0 Å². The number of ether oxygens (including phenoxy) is 4. The minimum Gasteiger partial charge on any atom is -0.478 e. The topological polar surface area (TPSA) is 156 Å². The number of aryl methyl sites for hydroxylation is 1. The van der Waals surface area contributed by atoms with Crippen molar-refractivity contribution < 1.29 is 34.0 Å². The summed E-state index contributed by atoms with van der Waals surface area (Å²) in [5, 5.41) is 26.4. The molecule has 0 spiro atoms. The largest absolute Gasteiger partial charge is 0.478 e. The molecule has 1 saturated heterocycles. The van der Waals surface area contributed by atoms with Crippen LogP contribution in [0.4, 0.5) is 11.6 Å². The molecule has 1 aliphatic rings. The van der Waals surface area contributed by atoms with Crippen molar-refractivity contribution in [2.45, 2.75) is 71.6 Å². The first-order valence-corrected chi connectivity index (χ1v) is 17.9. The van der Waals surface area contributed by atoms with Crippen molar-refractivity contribution >= 4 is 23.3 Å². The van der Waals surface area contributed by atoms with Crippen LogP contribution in [-0.2, 0) is 32.0 Å². The van der Waals surface area contributed by atoms with E-state index >= 15 is 0 Å². The van der Waals surface area contributed by atoms with Crippen LogP contribution in [-0.4, -0.2) is 125 Å². The summed E-state index contributed by atoms with van der Waals surface area (Å²) in [4.78, 5) is 24.5. The molecule has 0 radical (unpaired) electrons. The Morgan fingerprint density at radius 3 is 2.50 bits per heavy atom. The smallest absolute Gasteiger partial charge is 0.328 e. The highest BCUT2D eigenvalue weighted by atomic mass is 16.6. The number of fused-ring (bicyclic) bond motifs is 1. The standard InChI is InChI=1S/C36H55N7O7/c1-4-29-27-39-43-32(24-33(40-36(29)43)42(6-3)30(5-2)13-17-44)37-25-28-9-10-34(38-26-28)50-23-21-48-19-18-47-20-22-49-31-11-15-41(16-12-31)14-7-8-35(45)46/h7-10,24,26-27,30-31,37,44H,4-6,11-23,25H2,1-3H3,(H,45,46)/b8-7+. The monoisotopic (exact) mass is 697 g/mol. The number of carboxylic acids is 1. The molecule has 14 nitrogen and oxygen atoms in total. The van der Waals surface area contributed by atoms with E-state index in [0.29, 0.717) is 65.0 Å². The van der Waals surface area contributed by atoms with Gasteiger partial charge in [-0.25, -0.2) is 14.8 Å². The van der Waals surface area contributed by atoms with Gasteiger partial charge in [-0.2, -0.15) is 9.61 Å². The van der Waals surface area contributed by atoms with E-state index in [1.165, 1.54) is 6.08 Å². The van der Waals surface area contributed by atoms with Crippen LogP contribution in [0.1, 0.15) is 57.6 Å². The van der Waals surface area contributed by atoms with E-state index in [9.17, 15) is 9.90 Å². The molecule has 4 heterocycles. The molecule has 1 aliphatic heterocycles. The number of aliphatic hydroxyl groups excluding tert-OH is 1. The lowest BCUT2D eigenvalue weighted by molar-refractivity contribution is -0.131. The maximum Gasteiger partial charge on any atom is 0.328 e. The lowest BCUT2D eigenvalue weighted by atomic mass is 10.1. The number of rotatable bonds is 24. The number of pyridine rings is 1. The van der Waals surface area contributed by atoms with Crippen LogP contribution in [0, 0.1) is 0 Å². The van der Waals surface area contributed by atoms with E-state index in [0.717, 1.165) is 73.7 Å². The van der Waals surface area contributed by atoms with Gasteiger partial charge in [0, 0.05) is 75.3 Å². The fourth-order valence-corrected chi connectivity index (χ4v) is 6.01. The van der Waals surface area contributed by atoms with Crippen molar-refractivity contribution in [3.05, 3.63) is 53.9 Å². The van der Waals surface area contributed by atoms with E-state index in [-0.39, 0.29) is 18.8 Å². The minimum absolute atomic E-state index is 0.141. The highest BCUT2D eigenvalue weighted by Gasteiger charge is 2.21. The average Bonchev–Trinajstić information content (AvgIpc) is 3.55. The van der Waals surface area contributed by atoms with Gasteiger partial charge in [-0.05, 0) is 44.6 Å². The second-order valence-electron chi connectivity index (χ2n) is 12.2. The minimum atomic E-state index is -0.911. The van der Waals surface area contributed by atoms with Crippen LogP contribution in [0.25, 0.3) is 5.65 Å². The Labute approximate surface area is 295 Å². The maximum absolute atomic E-state index is 10.6. The summed E-state index contributed by atoms with van der Waals surface area (Å²) in [6.45, 7) is 13.1. The predicted octanol–water partition coefficient (Wildman–Crippen LogP) is 3.82. The summed E-state index contributed by atoms with van der Waals surface area (Å²) >= 11 is 0. The summed E-state index contributed by atoms with van der Waals surface area (Å²) in [5.74, 6) is 1.34. The highest BCUT2D eigenvalue weighted by Crippen LogP contribution is 2.25. The van der Waals surface area contributed by atoms with Gasteiger partial charge in [0.2, 0.25) is 5.88 Å². The van der Waals surface area contributed by atoms with Crippen molar-refractivity contribution in [2.24, 2.45) is 0 Å². The molecular formula is C36H55N7O7. The van der Waals surface area contributed by atoms with Crippen molar-refractivity contribution in [1.29, 1.82) is 0 Å². The Morgan fingerprint density at radius 2 is 1.84 bits per heavy atom. The van der Waals surface area contributed by atoms with Gasteiger partial charge in [0.1, 0.15) is 18.2 Å². The summed E-state index contributed by atoms with van der Waals surface area (Å²) in [5.41, 5.74) is 2.92. The first-order valence-electron chi connectivity index (χ1n) is 17.9. The summed E-state index contributed by atoms with van der Waals surface area (Å²) in [7, 11) is 0. The van der Waals surface area contributed by atoms with E-state index in [2.05, 4.69) is 46.0 Å². The van der Waals surface area contributed by atoms with Gasteiger partial charge in [0.25, 0.3) is 0 Å². The molecule has 3 aromatic heterocycles. The molecule has 0 aliphatic carbocycles. The number of nitrogens with one attached hydrogen (secondary N) is 1. The molecule has 1 fully saturated rings. The molecule has 1 atom stereocenters. The summed E-state index contributed by atoms with van der Waals surface area (Å²) in [6.07, 6.45) is 11.1. The number of anilines is 2. The molecule has 1 unspecified atom stereocenters. The number of aromatic nitrogens is 4. The fourth-order valence-electron chi connectivity index (χ4n) is 6.01. The zero-order valence-corrected chi connectivity index (χ0v) is 29.8. The van der Waals surface area contributed by atoms with Gasteiger partial charge in [-0.3, -0.25) is 4.90 Å². The third-order valence-electron chi connectivity index (χ3n) is 8.78. The third-order valence-corrected chi connectivity index (χ3v) is 8.78. The number of piperidine rings is 1. The lowest BCUT2D eigenvalue weighted by Gasteiger charge is -2.31. The van der Waals surface area contributed by atoms with Crippen LogP contribution < -0.4 is 15.0 Å². The number of carboxylic acid groups (broad SMARTS) is 1. The number of hydrogen-bond acceptors (Lipinski definition) is 12. The second kappa shape index (κ2) is 21.4. The van der Waals surface area contributed by atoms with Gasteiger partial charge < -0.3 is 39.4 Å². The maximum atomic E-state index is 10.6. The molecule has 3 N–H and O–H groups in total.